The molecule has 132 valence electrons. The van der Waals surface area contributed by atoms with Gasteiger partial charge in [0.1, 0.15) is 6.33 Å². The summed E-state index contributed by atoms with van der Waals surface area (Å²) in [6.07, 6.45) is 6.69. The van der Waals surface area contributed by atoms with Gasteiger partial charge < -0.3 is 10.6 Å². The summed E-state index contributed by atoms with van der Waals surface area (Å²) in [5.41, 5.74) is 0.326. The SMILES string of the molecule is O=[N+]([O-])c1c(Nc2cc(Cl)cc(Cl)c2)ncnc1NC1CCCCC1. The van der Waals surface area contributed by atoms with E-state index >= 15 is 0 Å². The molecule has 1 fully saturated rings. The minimum absolute atomic E-state index is 0.0941. The molecule has 0 radical (unpaired) electrons. The Balaban J connectivity index is 1.90. The molecule has 1 aliphatic rings. The van der Waals surface area contributed by atoms with Crippen LogP contribution in [0.1, 0.15) is 32.1 Å². The van der Waals surface area contributed by atoms with Crippen molar-refractivity contribution in [1.82, 2.24) is 9.97 Å². The topological polar surface area (TPSA) is 93.0 Å². The first-order valence-electron chi connectivity index (χ1n) is 8.02. The van der Waals surface area contributed by atoms with E-state index in [2.05, 4.69) is 20.6 Å². The number of nitrogens with one attached hydrogen (secondary N) is 2. The molecule has 0 unspecified atom stereocenters. The number of anilines is 3. The van der Waals surface area contributed by atoms with Gasteiger partial charge in [0.15, 0.2) is 0 Å². The Bertz CT molecular complexity index is 761. The monoisotopic (exact) mass is 381 g/mol. The van der Waals surface area contributed by atoms with E-state index in [-0.39, 0.29) is 23.4 Å². The Morgan fingerprint density at radius 1 is 1.04 bits per heavy atom. The largest absolute Gasteiger partial charge is 0.361 e. The molecule has 1 aromatic carbocycles. The van der Waals surface area contributed by atoms with Gasteiger partial charge in [-0.15, -0.1) is 0 Å². The lowest BCUT2D eigenvalue weighted by molar-refractivity contribution is -0.383. The zero-order chi connectivity index (χ0) is 17.8. The van der Waals surface area contributed by atoms with E-state index in [4.69, 9.17) is 23.2 Å². The van der Waals surface area contributed by atoms with E-state index in [1.807, 2.05) is 0 Å². The number of hydrogen-bond acceptors (Lipinski definition) is 6. The minimum Gasteiger partial charge on any atom is -0.361 e. The fourth-order valence-electron chi connectivity index (χ4n) is 2.95. The van der Waals surface area contributed by atoms with E-state index in [1.165, 1.54) is 12.7 Å². The molecule has 1 saturated carbocycles. The van der Waals surface area contributed by atoms with Crippen LogP contribution in [0.15, 0.2) is 24.5 Å². The van der Waals surface area contributed by atoms with Gasteiger partial charge in [-0.3, -0.25) is 10.1 Å². The highest BCUT2D eigenvalue weighted by molar-refractivity contribution is 6.35. The van der Waals surface area contributed by atoms with Crippen molar-refractivity contribution in [3.63, 3.8) is 0 Å². The van der Waals surface area contributed by atoms with Crippen molar-refractivity contribution in [2.75, 3.05) is 10.6 Å². The van der Waals surface area contributed by atoms with Gasteiger partial charge >= 0.3 is 5.69 Å². The molecule has 0 atom stereocenters. The normalized spacial score (nSPS) is 15.0. The average molecular weight is 382 g/mol. The standard InChI is InChI=1S/C16H17Cl2N5O2/c17-10-6-11(18)8-13(7-10)22-16-14(23(24)25)15(19-9-20-16)21-12-4-2-1-3-5-12/h6-9,12H,1-5H2,(H2,19,20,21,22). The van der Waals surface area contributed by atoms with E-state index in [0.29, 0.717) is 15.7 Å². The van der Waals surface area contributed by atoms with Gasteiger partial charge in [-0.1, -0.05) is 42.5 Å². The number of nitro groups is 1. The van der Waals surface area contributed by atoms with Crippen LogP contribution in [-0.4, -0.2) is 20.9 Å². The Labute approximate surface area is 154 Å². The van der Waals surface area contributed by atoms with Gasteiger partial charge in [-0.25, -0.2) is 9.97 Å². The van der Waals surface area contributed by atoms with Crippen molar-refractivity contribution in [2.24, 2.45) is 0 Å². The second-order valence-corrected chi connectivity index (χ2v) is 6.81. The number of benzene rings is 1. The van der Waals surface area contributed by atoms with E-state index in [9.17, 15) is 10.1 Å². The van der Waals surface area contributed by atoms with Crippen LogP contribution < -0.4 is 10.6 Å². The van der Waals surface area contributed by atoms with Gasteiger partial charge in [0.05, 0.1) is 4.92 Å². The summed E-state index contributed by atoms with van der Waals surface area (Å²) in [5, 5.41) is 18.6. The molecule has 1 aliphatic carbocycles. The Morgan fingerprint density at radius 2 is 1.68 bits per heavy atom. The number of nitrogens with zero attached hydrogens (tertiary/aromatic N) is 3. The van der Waals surface area contributed by atoms with Crippen LogP contribution in [0.3, 0.4) is 0 Å². The predicted molar refractivity (Wildman–Crippen MR) is 98.9 cm³/mol. The van der Waals surface area contributed by atoms with E-state index in [1.54, 1.807) is 18.2 Å². The van der Waals surface area contributed by atoms with E-state index < -0.39 is 4.92 Å². The summed E-state index contributed by atoms with van der Waals surface area (Å²) in [7, 11) is 0. The number of halogens is 2. The van der Waals surface area contributed by atoms with Gasteiger partial charge in [-0.2, -0.15) is 0 Å². The first kappa shape index (κ1) is 17.7. The maximum absolute atomic E-state index is 11.6. The third-order valence-corrected chi connectivity index (χ3v) is 4.51. The molecule has 0 aliphatic heterocycles. The highest BCUT2D eigenvalue weighted by Crippen LogP contribution is 2.34. The molecule has 0 saturated heterocycles. The smallest absolute Gasteiger partial charge is 0.353 e. The molecular formula is C16H17Cl2N5O2. The maximum atomic E-state index is 11.6. The number of hydrogen-bond donors (Lipinski definition) is 2. The van der Waals surface area contributed by atoms with E-state index in [0.717, 1.165) is 25.7 Å². The lowest BCUT2D eigenvalue weighted by Crippen LogP contribution is -2.23. The first-order chi connectivity index (χ1) is 12.0. The maximum Gasteiger partial charge on any atom is 0.353 e. The highest BCUT2D eigenvalue weighted by atomic mass is 35.5. The summed E-state index contributed by atoms with van der Waals surface area (Å²) < 4.78 is 0. The molecule has 2 N–H and O–H groups in total. The predicted octanol–water partition coefficient (Wildman–Crippen LogP) is 5.18. The molecule has 0 amide bonds. The van der Waals surface area contributed by atoms with Crippen LogP contribution >= 0.6 is 23.2 Å². The van der Waals surface area contributed by atoms with Gasteiger partial charge in [-0.05, 0) is 31.0 Å². The molecule has 25 heavy (non-hydrogen) atoms. The third kappa shape index (κ3) is 4.49. The van der Waals surface area contributed by atoms with Crippen molar-refractivity contribution >= 4 is 46.2 Å². The van der Waals surface area contributed by atoms with Crippen molar-refractivity contribution in [2.45, 2.75) is 38.1 Å². The summed E-state index contributed by atoms with van der Waals surface area (Å²) in [6.45, 7) is 0. The zero-order valence-electron chi connectivity index (χ0n) is 13.3. The second-order valence-electron chi connectivity index (χ2n) is 5.94. The molecule has 0 bridgehead atoms. The van der Waals surface area contributed by atoms with Crippen molar-refractivity contribution in [3.05, 3.63) is 44.7 Å². The highest BCUT2D eigenvalue weighted by Gasteiger charge is 2.25. The van der Waals surface area contributed by atoms with Crippen molar-refractivity contribution < 1.29 is 4.92 Å². The number of rotatable bonds is 5. The lowest BCUT2D eigenvalue weighted by Gasteiger charge is -2.23. The quantitative estimate of drug-likeness (QED) is 0.547. The van der Waals surface area contributed by atoms with Crippen LogP contribution in [0.5, 0.6) is 0 Å². The zero-order valence-corrected chi connectivity index (χ0v) is 14.8. The Morgan fingerprint density at radius 3 is 2.32 bits per heavy atom. The van der Waals surface area contributed by atoms with Crippen LogP contribution in [0.25, 0.3) is 0 Å². The summed E-state index contributed by atoms with van der Waals surface area (Å²) in [6, 6.07) is 5.01. The fourth-order valence-corrected chi connectivity index (χ4v) is 3.48. The Hall–Kier alpha value is -2.12. The molecule has 1 aromatic heterocycles. The molecule has 2 aromatic rings. The molecular weight excluding hydrogens is 365 g/mol. The average Bonchev–Trinajstić information content (AvgIpc) is 2.54. The molecule has 9 heteroatoms. The van der Waals surface area contributed by atoms with Gasteiger partial charge in [0, 0.05) is 21.8 Å². The van der Waals surface area contributed by atoms with Crippen LogP contribution in [0, 0.1) is 10.1 Å². The first-order valence-corrected chi connectivity index (χ1v) is 8.77. The number of aromatic nitrogens is 2. The van der Waals surface area contributed by atoms with Gasteiger partial charge in [0.25, 0.3) is 0 Å². The molecule has 1 heterocycles. The Kier molecular flexibility index (Phi) is 5.55. The van der Waals surface area contributed by atoms with Crippen LogP contribution in [0.2, 0.25) is 10.0 Å². The van der Waals surface area contributed by atoms with Crippen molar-refractivity contribution in [1.29, 1.82) is 0 Å². The third-order valence-electron chi connectivity index (χ3n) is 4.08. The summed E-state index contributed by atoms with van der Waals surface area (Å²) >= 11 is 12.0. The summed E-state index contributed by atoms with van der Waals surface area (Å²) in [5.74, 6) is 0.319. The molecule has 0 spiro atoms. The van der Waals surface area contributed by atoms with Gasteiger partial charge in [0.2, 0.25) is 11.6 Å². The van der Waals surface area contributed by atoms with Crippen molar-refractivity contribution in [3.8, 4) is 0 Å². The molecule has 3 rings (SSSR count). The second kappa shape index (κ2) is 7.84. The minimum atomic E-state index is -0.486. The molecule has 7 nitrogen and oxygen atoms in total. The summed E-state index contributed by atoms with van der Waals surface area (Å²) in [4.78, 5) is 19.2. The lowest BCUT2D eigenvalue weighted by atomic mass is 9.95. The van der Waals surface area contributed by atoms with Crippen LogP contribution in [-0.2, 0) is 0 Å². The fraction of sp³-hybridized carbons (Fsp3) is 0.375. The van der Waals surface area contributed by atoms with Crippen LogP contribution in [0.4, 0.5) is 23.0 Å².